The molecule has 18 heavy (non-hydrogen) atoms. The summed E-state index contributed by atoms with van der Waals surface area (Å²) in [5, 5.41) is 0. The number of rotatable bonds is 3. The molecular weight excluding hydrogens is 244 g/mol. The predicted molar refractivity (Wildman–Crippen MR) is 77.2 cm³/mol. The van der Waals surface area contributed by atoms with Crippen molar-refractivity contribution in [3.63, 3.8) is 0 Å². The number of thiol groups is 1. The largest absolute Gasteiger partial charge is 0.299 e. The molecule has 0 aliphatic heterocycles. The van der Waals surface area contributed by atoms with Gasteiger partial charge >= 0.3 is 0 Å². The molecule has 100 valence electrons. The van der Waals surface area contributed by atoms with Gasteiger partial charge in [-0.25, -0.2) is 4.98 Å². The molecule has 2 rings (SSSR count). The van der Waals surface area contributed by atoms with Gasteiger partial charge in [-0.3, -0.25) is 9.36 Å². The summed E-state index contributed by atoms with van der Waals surface area (Å²) in [6, 6.07) is 1.61. The molecule has 0 saturated heterocycles. The second-order valence-electron chi connectivity index (χ2n) is 5.57. The monoisotopic (exact) mass is 266 g/mol. The molecular formula is C14H22N2OS. The molecule has 0 atom stereocenters. The lowest BCUT2D eigenvalue weighted by molar-refractivity contribution is 0.237. The fraction of sp³-hybridized carbons (Fsp3) is 0.714. The van der Waals surface area contributed by atoms with Gasteiger partial charge in [0, 0.05) is 18.3 Å². The molecule has 1 aromatic heterocycles. The molecule has 1 saturated carbocycles. The normalized spacial score (nSPS) is 19.4. The molecule has 1 aliphatic rings. The minimum Gasteiger partial charge on any atom is -0.299 e. The van der Waals surface area contributed by atoms with Gasteiger partial charge in [-0.05, 0) is 30.9 Å². The lowest BCUT2D eigenvalue weighted by Crippen LogP contribution is -2.33. The molecule has 1 fully saturated rings. The van der Waals surface area contributed by atoms with Crippen molar-refractivity contribution in [2.45, 2.75) is 52.0 Å². The third-order valence-electron chi connectivity index (χ3n) is 4.02. The first-order chi connectivity index (χ1) is 8.65. The molecule has 0 spiro atoms. The SMILES string of the molecule is Cc1cc(=O)n(CC2(CS)CCCCCC2)cn1. The van der Waals surface area contributed by atoms with E-state index in [1.165, 1.54) is 38.5 Å². The Kier molecular flexibility index (Phi) is 4.49. The molecule has 4 heteroatoms. The summed E-state index contributed by atoms with van der Waals surface area (Å²) in [7, 11) is 0. The first-order valence-electron chi connectivity index (χ1n) is 6.79. The highest BCUT2D eigenvalue weighted by Gasteiger charge is 2.30. The Morgan fingerprint density at radius 3 is 2.56 bits per heavy atom. The molecule has 3 nitrogen and oxygen atoms in total. The van der Waals surface area contributed by atoms with Crippen LogP contribution in [-0.2, 0) is 6.54 Å². The van der Waals surface area contributed by atoms with E-state index in [2.05, 4.69) is 17.6 Å². The Morgan fingerprint density at radius 2 is 2.00 bits per heavy atom. The Labute approximate surface area is 114 Å². The van der Waals surface area contributed by atoms with Crippen molar-refractivity contribution in [2.75, 3.05) is 5.75 Å². The van der Waals surface area contributed by atoms with Crippen LogP contribution in [0.25, 0.3) is 0 Å². The molecule has 0 bridgehead atoms. The van der Waals surface area contributed by atoms with Crippen LogP contribution in [0.1, 0.15) is 44.2 Å². The van der Waals surface area contributed by atoms with Crippen LogP contribution in [0.3, 0.4) is 0 Å². The second-order valence-corrected chi connectivity index (χ2v) is 5.88. The van der Waals surface area contributed by atoms with Crippen molar-refractivity contribution in [1.29, 1.82) is 0 Å². The summed E-state index contributed by atoms with van der Waals surface area (Å²) in [6.07, 6.45) is 9.19. The van der Waals surface area contributed by atoms with Crippen LogP contribution >= 0.6 is 12.6 Å². The Morgan fingerprint density at radius 1 is 1.33 bits per heavy atom. The first-order valence-corrected chi connectivity index (χ1v) is 7.42. The van der Waals surface area contributed by atoms with Crippen LogP contribution in [0, 0.1) is 12.3 Å². The van der Waals surface area contributed by atoms with Crippen molar-refractivity contribution in [2.24, 2.45) is 5.41 Å². The molecule has 0 radical (unpaired) electrons. The van der Waals surface area contributed by atoms with E-state index in [1.807, 2.05) is 6.92 Å². The number of aromatic nitrogens is 2. The second kappa shape index (κ2) is 5.91. The van der Waals surface area contributed by atoms with Gasteiger partial charge in [0.1, 0.15) is 0 Å². The molecule has 0 N–H and O–H groups in total. The van der Waals surface area contributed by atoms with Crippen LogP contribution in [0.15, 0.2) is 17.2 Å². The standard InChI is InChI=1S/C14H22N2OS/c1-12-8-13(17)16(11-15-12)9-14(10-18)6-4-2-3-5-7-14/h8,11,18H,2-7,9-10H2,1H3. The highest BCUT2D eigenvalue weighted by atomic mass is 32.1. The van der Waals surface area contributed by atoms with Crippen molar-refractivity contribution >= 4 is 12.6 Å². The van der Waals surface area contributed by atoms with Crippen molar-refractivity contribution in [1.82, 2.24) is 9.55 Å². The molecule has 0 unspecified atom stereocenters. The van der Waals surface area contributed by atoms with Gasteiger partial charge in [0.05, 0.1) is 6.33 Å². The van der Waals surface area contributed by atoms with Crippen molar-refractivity contribution in [3.8, 4) is 0 Å². The van der Waals surface area contributed by atoms with E-state index in [-0.39, 0.29) is 11.0 Å². The van der Waals surface area contributed by atoms with Gasteiger partial charge in [0.15, 0.2) is 0 Å². The van der Waals surface area contributed by atoms with Crippen LogP contribution in [-0.4, -0.2) is 15.3 Å². The molecule has 0 amide bonds. The van der Waals surface area contributed by atoms with Crippen LogP contribution in [0.2, 0.25) is 0 Å². The quantitative estimate of drug-likeness (QED) is 0.674. The predicted octanol–water partition coefficient (Wildman–Crippen LogP) is 2.82. The van der Waals surface area contributed by atoms with Gasteiger partial charge in [0.25, 0.3) is 5.56 Å². The zero-order chi connectivity index (χ0) is 13.0. The number of hydrogen-bond donors (Lipinski definition) is 1. The van der Waals surface area contributed by atoms with Gasteiger partial charge in [-0.1, -0.05) is 25.7 Å². The average molecular weight is 266 g/mol. The molecule has 1 heterocycles. The lowest BCUT2D eigenvalue weighted by Gasteiger charge is -2.31. The summed E-state index contributed by atoms with van der Waals surface area (Å²) in [5.41, 5.74) is 1.03. The third kappa shape index (κ3) is 3.16. The number of nitrogens with zero attached hydrogens (tertiary/aromatic N) is 2. The number of hydrogen-bond acceptors (Lipinski definition) is 3. The Bertz CT molecular complexity index is 447. The smallest absolute Gasteiger partial charge is 0.253 e. The van der Waals surface area contributed by atoms with Crippen LogP contribution in [0.5, 0.6) is 0 Å². The van der Waals surface area contributed by atoms with Gasteiger partial charge < -0.3 is 0 Å². The third-order valence-corrected chi connectivity index (χ3v) is 4.69. The summed E-state index contributed by atoms with van der Waals surface area (Å²) in [4.78, 5) is 16.2. The summed E-state index contributed by atoms with van der Waals surface area (Å²) < 4.78 is 1.76. The maximum Gasteiger partial charge on any atom is 0.253 e. The van der Waals surface area contributed by atoms with Crippen molar-refractivity contribution < 1.29 is 0 Å². The van der Waals surface area contributed by atoms with Gasteiger partial charge in [-0.2, -0.15) is 12.6 Å². The number of aryl methyl sites for hydroxylation is 1. The minimum absolute atomic E-state index is 0.0629. The van der Waals surface area contributed by atoms with E-state index in [0.717, 1.165) is 18.0 Å². The first kappa shape index (κ1) is 13.7. The van der Waals surface area contributed by atoms with E-state index in [9.17, 15) is 4.79 Å². The topological polar surface area (TPSA) is 34.9 Å². The lowest BCUT2D eigenvalue weighted by atomic mass is 9.82. The summed E-state index contributed by atoms with van der Waals surface area (Å²) in [6.45, 7) is 2.62. The highest BCUT2D eigenvalue weighted by Crippen LogP contribution is 2.37. The highest BCUT2D eigenvalue weighted by molar-refractivity contribution is 7.80. The van der Waals surface area contributed by atoms with E-state index in [0.29, 0.717) is 0 Å². The summed E-state index contributed by atoms with van der Waals surface area (Å²) in [5.74, 6) is 0.854. The summed E-state index contributed by atoms with van der Waals surface area (Å²) >= 11 is 4.55. The molecule has 0 aromatic carbocycles. The van der Waals surface area contributed by atoms with Gasteiger partial charge in [0.2, 0.25) is 0 Å². The Balaban J connectivity index is 2.20. The van der Waals surface area contributed by atoms with Crippen LogP contribution < -0.4 is 5.56 Å². The minimum atomic E-state index is 0.0629. The maximum atomic E-state index is 12.0. The van der Waals surface area contributed by atoms with E-state index >= 15 is 0 Å². The molecule has 1 aliphatic carbocycles. The zero-order valence-electron chi connectivity index (χ0n) is 11.1. The van der Waals surface area contributed by atoms with Crippen LogP contribution in [0.4, 0.5) is 0 Å². The van der Waals surface area contributed by atoms with E-state index < -0.39 is 0 Å². The maximum absolute atomic E-state index is 12.0. The van der Waals surface area contributed by atoms with E-state index in [4.69, 9.17) is 0 Å². The molecule has 1 aromatic rings. The average Bonchev–Trinajstić information content (AvgIpc) is 2.59. The zero-order valence-corrected chi connectivity index (χ0v) is 12.0. The Hall–Kier alpha value is -0.770. The van der Waals surface area contributed by atoms with E-state index in [1.54, 1.807) is 17.0 Å². The fourth-order valence-electron chi connectivity index (χ4n) is 2.84. The van der Waals surface area contributed by atoms with Crippen molar-refractivity contribution in [3.05, 3.63) is 28.4 Å². The fourth-order valence-corrected chi connectivity index (χ4v) is 3.26. The van der Waals surface area contributed by atoms with Gasteiger partial charge in [-0.15, -0.1) is 0 Å².